The lowest BCUT2D eigenvalue weighted by Gasteiger charge is -2.24. The van der Waals surface area contributed by atoms with Crippen molar-refractivity contribution in [3.05, 3.63) is 12.2 Å². The highest BCUT2D eigenvalue weighted by Gasteiger charge is 2.25. The van der Waals surface area contributed by atoms with Crippen molar-refractivity contribution in [3.8, 4) is 0 Å². The van der Waals surface area contributed by atoms with E-state index < -0.39 is 0 Å². The Hall–Kier alpha value is -0.940. The topological polar surface area (TPSA) is 46.0 Å². The molecule has 1 aromatic heterocycles. The van der Waals surface area contributed by atoms with E-state index in [9.17, 15) is 0 Å². The van der Waals surface area contributed by atoms with Crippen LogP contribution >= 0.6 is 0 Å². The monoisotopic (exact) mass is 265 g/mol. The number of hydrogen-bond acceptors (Lipinski definition) is 4. The van der Waals surface area contributed by atoms with E-state index in [0.717, 1.165) is 38.4 Å². The van der Waals surface area contributed by atoms with Gasteiger partial charge in [-0.15, -0.1) is 0 Å². The molecule has 0 aromatic carbocycles. The third kappa shape index (κ3) is 4.01. The third-order valence-corrected chi connectivity index (χ3v) is 3.78. The highest BCUT2D eigenvalue weighted by Crippen LogP contribution is 2.18. The van der Waals surface area contributed by atoms with Gasteiger partial charge in [-0.2, -0.15) is 5.10 Å². The Bertz CT molecular complexity index is 362. The summed E-state index contributed by atoms with van der Waals surface area (Å²) in [6.45, 7) is 9.73. The van der Waals surface area contributed by atoms with E-state index in [0.29, 0.717) is 6.04 Å². The molecule has 0 spiro atoms. The minimum Gasteiger partial charge on any atom is -0.315 e. The molecule has 1 aliphatic heterocycles. The molecule has 1 N–H and O–H groups in total. The predicted octanol–water partition coefficient (Wildman–Crippen LogP) is 1.65. The van der Waals surface area contributed by atoms with E-state index in [1.54, 1.807) is 6.33 Å². The molecular weight excluding hydrogens is 238 g/mol. The fourth-order valence-electron chi connectivity index (χ4n) is 2.77. The summed E-state index contributed by atoms with van der Waals surface area (Å²) in [5.74, 6) is 1.12. The van der Waals surface area contributed by atoms with Crippen LogP contribution in [0.1, 0.15) is 45.4 Å². The first-order valence-electron chi connectivity index (χ1n) is 7.66. The molecule has 1 aliphatic rings. The number of aryl methyl sites for hydroxylation is 1. The van der Waals surface area contributed by atoms with E-state index in [1.165, 1.54) is 25.8 Å². The summed E-state index contributed by atoms with van der Waals surface area (Å²) in [4.78, 5) is 6.97. The van der Waals surface area contributed by atoms with Gasteiger partial charge in [0.1, 0.15) is 12.2 Å². The Morgan fingerprint density at radius 1 is 1.37 bits per heavy atom. The van der Waals surface area contributed by atoms with Crippen LogP contribution < -0.4 is 5.32 Å². The number of nitrogens with one attached hydrogen (secondary N) is 1. The SMILES string of the molecule is CCCNCC1CCCN1Cc1ncnn1CCC. The molecule has 1 fully saturated rings. The average Bonchev–Trinajstić information content (AvgIpc) is 3.02. The molecule has 108 valence electrons. The lowest BCUT2D eigenvalue weighted by atomic mass is 10.2. The van der Waals surface area contributed by atoms with E-state index >= 15 is 0 Å². The highest BCUT2D eigenvalue weighted by molar-refractivity contribution is 4.89. The maximum absolute atomic E-state index is 4.42. The predicted molar refractivity (Wildman–Crippen MR) is 76.9 cm³/mol. The normalized spacial score (nSPS) is 20.2. The summed E-state index contributed by atoms with van der Waals surface area (Å²) in [5.41, 5.74) is 0. The fourth-order valence-corrected chi connectivity index (χ4v) is 2.77. The van der Waals surface area contributed by atoms with Crippen molar-refractivity contribution >= 4 is 0 Å². The number of likely N-dealkylation sites (tertiary alicyclic amines) is 1. The second-order valence-electron chi connectivity index (χ2n) is 5.37. The summed E-state index contributed by atoms with van der Waals surface area (Å²) >= 11 is 0. The molecule has 19 heavy (non-hydrogen) atoms. The first-order valence-corrected chi connectivity index (χ1v) is 7.66. The summed E-state index contributed by atoms with van der Waals surface area (Å²) in [5, 5.41) is 7.85. The summed E-state index contributed by atoms with van der Waals surface area (Å²) < 4.78 is 2.05. The quantitative estimate of drug-likeness (QED) is 0.726. The Labute approximate surface area is 116 Å². The molecule has 1 atom stereocenters. The van der Waals surface area contributed by atoms with Crippen molar-refractivity contribution < 1.29 is 0 Å². The zero-order chi connectivity index (χ0) is 13.5. The maximum Gasteiger partial charge on any atom is 0.141 e. The van der Waals surface area contributed by atoms with E-state index in [1.807, 2.05) is 0 Å². The maximum atomic E-state index is 4.42. The molecule has 2 rings (SSSR count). The highest BCUT2D eigenvalue weighted by atomic mass is 15.4. The lowest BCUT2D eigenvalue weighted by molar-refractivity contribution is 0.229. The first-order chi connectivity index (χ1) is 9.35. The van der Waals surface area contributed by atoms with Crippen molar-refractivity contribution in [1.82, 2.24) is 25.0 Å². The third-order valence-electron chi connectivity index (χ3n) is 3.78. The summed E-state index contributed by atoms with van der Waals surface area (Å²) in [7, 11) is 0. The van der Waals surface area contributed by atoms with E-state index in [-0.39, 0.29) is 0 Å². The second-order valence-corrected chi connectivity index (χ2v) is 5.37. The molecule has 0 amide bonds. The van der Waals surface area contributed by atoms with Gasteiger partial charge in [0.05, 0.1) is 6.54 Å². The molecule has 1 aromatic rings. The van der Waals surface area contributed by atoms with Crippen LogP contribution in [0.25, 0.3) is 0 Å². The second kappa shape index (κ2) is 7.60. The largest absolute Gasteiger partial charge is 0.315 e. The van der Waals surface area contributed by atoms with Crippen LogP contribution in [-0.2, 0) is 13.1 Å². The van der Waals surface area contributed by atoms with Gasteiger partial charge >= 0.3 is 0 Å². The van der Waals surface area contributed by atoms with Gasteiger partial charge < -0.3 is 5.32 Å². The Kier molecular flexibility index (Phi) is 5.79. The zero-order valence-electron chi connectivity index (χ0n) is 12.3. The minimum absolute atomic E-state index is 0.665. The number of rotatable bonds is 8. The van der Waals surface area contributed by atoms with Gasteiger partial charge in [0.15, 0.2) is 0 Å². The van der Waals surface area contributed by atoms with Crippen molar-refractivity contribution in [1.29, 1.82) is 0 Å². The van der Waals surface area contributed by atoms with E-state index in [2.05, 4.69) is 38.8 Å². The van der Waals surface area contributed by atoms with Crippen molar-refractivity contribution in [2.75, 3.05) is 19.6 Å². The molecule has 1 saturated heterocycles. The van der Waals surface area contributed by atoms with Crippen LogP contribution in [0, 0.1) is 0 Å². The molecule has 0 bridgehead atoms. The van der Waals surface area contributed by atoms with Crippen molar-refractivity contribution in [2.45, 2.75) is 58.7 Å². The number of aromatic nitrogens is 3. The molecule has 0 saturated carbocycles. The lowest BCUT2D eigenvalue weighted by Crippen LogP contribution is -2.38. The van der Waals surface area contributed by atoms with Crippen LogP contribution in [-0.4, -0.2) is 45.3 Å². The van der Waals surface area contributed by atoms with Gasteiger partial charge in [0.2, 0.25) is 0 Å². The van der Waals surface area contributed by atoms with Crippen LogP contribution in [0.3, 0.4) is 0 Å². The minimum atomic E-state index is 0.665. The van der Waals surface area contributed by atoms with Crippen LogP contribution in [0.5, 0.6) is 0 Å². The average molecular weight is 265 g/mol. The van der Waals surface area contributed by atoms with Crippen molar-refractivity contribution in [2.24, 2.45) is 0 Å². The number of hydrogen-bond donors (Lipinski definition) is 1. The van der Waals surface area contributed by atoms with Crippen LogP contribution in [0.15, 0.2) is 6.33 Å². The summed E-state index contributed by atoms with van der Waals surface area (Å²) in [6.07, 6.45) is 6.61. The Balaban J connectivity index is 1.87. The van der Waals surface area contributed by atoms with Crippen molar-refractivity contribution in [3.63, 3.8) is 0 Å². The van der Waals surface area contributed by atoms with Gasteiger partial charge in [-0.05, 0) is 38.8 Å². The molecule has 5 nitrogen and oxygen atoms in total. The van der Waals surface area contributed by atoms with Gasteiger partial charge in [0, 0.05) is 19.1 Å². The van der Waals surface area contributed by atoms with Gasteiger partial charge in [-0.3, -0.25) is 4.90 Å². The Morgan fingerprint density at radius 3 is 3.05 bits per heavy atom. The summed E-state index contributed by atoms with van der Waals surface area (Å²) in [6, 6.07) is 0.665. The van der Waals surface area contributed by atoms with Gasteiger partial charge in [0.25, 0.3) is 0 Å². The molecule has 2 heterocycles. The molecule has 5 heteroatoms. The molecular formula is C14H27N5. The van der Waals surface area contributed by atoms with Crippen LogP contribution in [0.4, 0.5) is 0 Å². The van der Waals surface area contributed by atoms with Gasteiger partial charge in [-0.25, -0.2) is 9.67 Å². The molecule has 1 unspecified atom stereocenters. The van der Waals surface area contributed by atoms with E-state index in [4.69, 9.17) is 0 Å². The number of nitrogens with zero attached hydrogens (tertiary/aromatic N) is 4. The molecule has 0 radical (unpaired) electrons. The first kappa shape index (κ1) is 14.5. The standard InChI is InChI=1S/C14H27N5/c1-3-7-15-10-13-6-5-9-18(13)11-14-16-12-17-19(14)8-4-2/h12-13,15H,3-11H2,1-2H3. The van der Waals surface area contributed by atoms with Gasteiger partial charge in [-0.1, -0.05) is 13.8 Å². The molecule has 0 aliphatic carbocycles. The van der Waals surface area contributed by atoms with Crippen LogP contribution in [0.2, 0.25) is 0 Å². The Morgan fingerprint density at radius 2 is 2.26 bits per heavy atom. The zero-order valence-corrected chi connectivity index (χ0v) is 12.3. The fraction of sp³-hybridized carbons (Fsp3) is 0.857. The smallest absolute Gasteiger partial charge is 0.141 e.